The van der Waals surface area contributed by atoms with Crippen LogP contribution in [0, 0.1) is 5.41 Å². The minimum atomic E-state index is -1.11. The molecule has 6 heteroatoms. The SMILES string of the molecule is CC(C)(CO)CNC(=O)COCC(=O)O. The van der Waals surface area contributed by atoms with Crippen LogP contribution in [0.5, 0.6) is 0 Å². The van der Waals surface area contributed by atoms with Crippen molar-refractivity contribution in [2.24, 2.45) is 5.41 Å². The summed E-state index contributed by atoms with van der Waals surface area (Å²) < 4.78 is 4.58. The molecule has 0 aliphatic rings. The third-order valence-electron chi connectivity index (χ3n) is 1.65. The van der Waals surface area contributed by atoms with E-state index in [0.717, 1.165) is 0 Å². The summed E-state index contributed by atoms with van der Waals surface area (Å²) in [5.41, 5.74) is -0.386. The maximum atomic E-state index is 11.1. The van der Waals surface area contributed by atoms with Crippen molar-refractivity contribution >= 4 is 11.9 Å². The van der Waals surface area contributed by atoms with Gasteiger partial charge in [-0.05, 0) is 0 Å². The molecule has 0 unspecified atom stereocenters. The predicted octanol–water partition coefficient (Wildman–Crippen LogP) is -0.778. The van der Waals surface area contributed by atoms with E-state index in [1.807, 2.05) is 0 Å². The van der Waals surface area contributed by atoms with E-state index in [-0.39, 0.29) is 18.6 Å². The number of amides is 1. The second-order valence-corrected chi connectivity index (χ2v) is 3.99. The standard InChI is InChI=1S/C9H17NO5/c1-9(2,6-11)5-10-7(12)3-15-4-8(13)14/h11H,3-6H2,1-2H3,(H,10,12)(H,13,14). The first-order valence-corrected chi connectivity index (χ1v) is 4.54. The first kappa shape index (κ1) is 13.9. The number of ether oxygens (including phenoxy) is 1. The largest absolute Gasteiger partial charge is 0.480 e. The van der Waals surface area contributed by atoms with Crippen molar-refractivity contribution in [3.63, 3.8) is 0 Å². The Kier molecular flexibility index (Phi) is 5.88. The molecule has 1 amide bonds. The van der Waals surface area contributed by atoms with E-state index in [0.29, 0.717) is 6.54 Å². The van der Waals surface area contributed by atoms with Gasteiger partial charge in [-0.25, -0.2) is 4.79 Å². The number of aliphatic hydroxyl groups is 1. The molecule has 0 aliphatic carbocycles. The topological polar surface area (TPSA) is 95.9 Å². The molecular formula is C9H17NO5. The summed E-state index contributed by atoms with van der Waals surface area (Å²) in [5, 5.41) is 19.7. The minimum absolute atomic E-state index is 0.0384. The second-order valence-electron chi connectivity index (χ2n) is 3.99. The highest BCUT2D eigenvalue weighted by molar-refractivity contribution is 5.77. The molecule has 0 bridgehead atoms. The van der Waals surface area contributed by atoms with Crippen LogP contribution in [0.15, 0.2) is 0 Å². The number of carbonyl (C=O) groups excluding carboxylic acids is 1. The molecule has 15 heavy (non-hydrogen) atoms. The van der Waals surface area contributed by atoms with Crippen molar-refractivity contribution in [2.75, 3.05) is 26.4 Å². The van der Waals surface area contributed by atoms with Gasteiger partial charge in [-0.3, -0.25) is 4.79 Å². The molecular weight excluding hydrogens is 202 g/mol. The number of carboxylic acids is 1. The molecule has 0 aromatic heterocycles. The zero-order chi connectivity index (χ0) is 11.9. The van der Waals surface area contributed by atoms with Gasteiger partial charge in [0.25, 0.3) is 0 Å². The average Bonchev–Trinajstić information content (AvgIpc) is 2.14. The van der Waals surface area contributed by atoms with E-state index in [4.69, 9.17) is 10.2 Å². The Morgan fingerprint density at radius 1 is 1.33 bits per heavy atom. The summed E-state index contributed by atoms with van der Waals surface area (Å²) in [5.74, 6) is -1.50. The molecule has 0 aromatic carbocycles. The van der Waals surface area contributed by atoms with Gasteiger partial charge in [0.15, 0.2) is 0 Å². The second kappa shape index (κ2) is 6.36. The number of carboxylic acid groups (broad SMARTS) is 1. The molecule has 3 N–H and O–H groups in total. The summed E-state index contributed by atoms with van der Waals surface area (Å²) in [6.45, 7) is 3.10. The van der Waals surface area contributed by atoms with Gasteiger partial charge in [-0.15, -0.1) is 0 Å². The van der Waals surface area contributed by atoms with Crippen molar-refractivity contribution in [3.8, 4) is 0 Å². The minimum Gasteiger partial charge on any atom is -0.480 e. The maximum Gasteiger partial charge on any atom is 0.329 e. The van der Waals surface area contributed by atoms with E-state index >= 15 is 0 Å². The smallest absolute Gasteiger partial charge is 0.329 e. The third kappa shape index (κ3) is 7.90. The Morgan fingerprint density at radius 2 is 1.93 bits per heavy atom. The lowest BCUT2D eigenvalue weighted by atomic mass is 9.95. The molecule has 0 fully saturated rings. The lowest BCUT2D eigenvalue weighted by molar-refractivity contribution is -0.143. The summed E-state index contributed by atoms with van der Waals surface area (Å²) >= 11 is 0. The molecule has 0 radical (unpaired) electrons. The Morgan fingerprint density at radius 3 is 2.40 bits per heavy atom. The average molecular weight is 219 g/mol. The molecule has 88 valence electrons. The van der Waals surface area contributed by atoms with Crippen molar-refractivity contribution in [3.05, 3.63) is 0 Å². The highest BCUT2D eigenvalue weighted by Gasteiger charge is 2.17. The van der Waals surface area contributed by atoms with Gasteiger partial charge in [0.2, 0.25) is 5.91 Å². The molecule has 0 rings (SSSR count). The Bertz CT molecular complexity index is 227. The van der Waals surface area contributed by atoms with Gasteiger partial charge >= 0.3 is 5.97 Å². The highest BCUT2D eigenvalue weighted by Crippen LogP contribution is 2.10. The third-order valence-corrected chi connectivity index (χ3v) is 1.65. The zero-order valence-electron chi connectivity index (χ0n) is 8.95. The zero-order valence-corrected chi connectivity index (χ0v) is 8.95. The van der Waals surface area contributed by atoms with Crippen molar-refractivity contribution in [2.45, 2.75) is 13.8 Å². The molecule has 0 atom stereocenters. The Hall–Kier alpha value is -1.14. The molecule has 6 nitrogen and oxygen atoms in total. The van der Waals surface area contributed by atoms with Gasteiger partial charge in [-0.2, -0.15) is 0 Å². The van der Waals surface area contributed by atoms with Gasteiger partial charge in [0.1, 0.15) is 13.2 Å². The van der Waals surface area contributed by atoms with Crippen LogP contribution >= 0.6 is 0 Å². The molecule has 0 saturated carbocycles. The number of nitrogens with one attached hydrogen (secondary N) is 1. The van der Waals surface area contributed by atoms with Crippen LogP contribution in [0.25, 0.3) is 0 Å². The van der Waals surface area contributed by atoms with Crippen LogP contribution in [0.3, 0.4) is 0 Å². The van der Waals surface area contributed by atoms with Crippen LogP contribution in [0.1, 0.15) is 13.8 Å². The molecule has 0 saturated heterocycles. The fourth-order valence-corrected chi connectivity index (χ4v) is 0.676. The lowest BCUT2D eigenvalue weighted by Crippen LogP contribution is -2.38. The Balaban J connectivity index is 3.62. The van der Waals surface area contributed by atoms with Crippen LogP contribution in [0.4, 0.5) is 0 Å². The summed E-state index contributed by atoms with van der Waals surface area (Å²) in [6, 6.07) is 0. The van der Waals surface area contributed by atoms with Crippen LogP contribution in [-0.2, 0) is 14.3 Å². The first-order chi connectivity index (χ1) is 6.87. The molecule has 0 spiro atoms. The molecule has 0 aromatic rings. The summed E-state index contributed by atoms with van der Waals surface area (Å²) in [4.78, 5) is 21.1. The van der Waals surface area contributed by atoms with Gasteiger partial charge in [0.05, 0.1) is 0 Å². The number of hydrogen-bond acceptors (Lipinski definition) is 4. The van der Waals surface area contributed by atoms with Crippen LogP contribution < -0.4 is 5.32 Å². The highest BCUT2D eigenvalue weighted by atomic mass is 16.5. The number of aliphatic hydroxyl groups excluding tert-OH is 1. The van der Waals surface area contributed by atoms with E-state index in [2.05, 4.69) is 10.1 Å². The number of rotatable bonds is 7. The van der Waals surface area contributed by atoms with Gasteiger partial charge in [-0.1, -0.05) is 13.8 Å². The van der Waals surface area contributed by atoms with Gasteiger partial charge < -0.3 is 20.3 Å². The maximum absolute atomic E-state index is 11.1. The van der Waals surface area contributed by atoms with Gasteiger partial charge in [0, 0.05) is 18.6 Å². The van der Waals surface area contributed by atoms with E-state index in [1.165, 1.54) is 0 Å². The van der Waals surface area contributed by atoms with Crippen LogP contribution in [-0.4, -0.2) is 48.5 Å². The monoisotopic (exact) mass is 219 g/mol. The summed E-state index contributed by atoms with van der Waals surface area (Å²) in [7, 11) is 0. The van der Waals surface area contributed by atoms with E-state index < -0.39 is 18.5 Å². The first-order valence-electron chi connectivity index (χ1n) is 4.54. The number of carbonyl (C=O) groups is 2. The van der Waals surface area contributed by atoms with Crippen molar-refractivity contribution in [1.29, 1.82) is 0 Å². The summed E-state index contributed by atoms with van der Waals surface area (Å²) in [6.07, 6.45) is 0. The van der Waals surface area contributed by atoms with E-state index in [9.17, 15) is 9.59 Å². The fourth-order valence-electron chi connectivity index (χ4n) is 0.676. The molecule has 0 heterocycles. The van der Waals surface area contributed by atoms with Crippen LogP contribution in [0.2, 0.25) is 0 Å². The Labute approximate surface area is 88.2 Å². The molecule has 0 aliphatic heterocycles. The predicted molar refractivity (Wildman–Crippen MR) is 52.3 cm³/mol. The fraction of sp³-hybridized carbons (Fsp3) is 0.778. The number of aliphatic carboxylic acids is 1. The van der Waals surface area contributed by atoms with E-state index in [1.54, 1.807) is 13.8 Å². The lowest BCUT2D eigenvalue weighted by Gasteiger charge is -2.21. The number of hydrogen-bond donors (Lipinski definition) is 3. The van der Waals surface area contributed by atoms with Crippen molar-refractivity contribution in [1.82, 2.24) is 5.32 Å². The van der Waals surface area contributed by atoms with Crippen molar-refractivity contribution < 1.29 is 24.5 Å². The quantitative estimate of drug-likeness (QED) is 0.522. The normalized spacial score (nSPS) is 11.1.